The van der Waals surface area contributed by atoms with Crippen molar-refractivity contribution in [3.05, 3.63) is 35.9 Å². The number of amides is 4. The molecule has 1 aromatic rings. The SMILES string of the molecule is O=C(CN1C(=O)NC(c2ccccc2)(C(F)(F)F)C1=O)NC1CC1. The van der Waals surface area contributed by atoms with Gasteiger partial charge in [-0.25, -0.2) is 4.79 Å². The van der Waals surface area contributed by atoms with E-state index in [1.54, 1.807) is 5.32 Å². The lowest BCUT2D eigenvalue weighted by Gasteiger charge is -2.29. The Morgan fingerprint density at radius 1 is 1.25 bits per heavy atom. The van der Waals surface area contributed by atoms with Crippen molar-refractivity contribution in [2.24, 2.45) is 0 Å². The van der Waals surface area contributed by atoms with E-state index in [0.29, 0.717) is 4.90 Å². The molecule has 2 fully saturated rings. The average molecular weight is 341 g/mol. The smallest absolute Gasteiger partial charge is 0.352 e. The Morgan fingerprint density at radius 2 is 1.88 bits per heavy atom. The fraction of sp³-hybridized carbons (Fsp3) is 0.400. The Bertz CT molecular complexity index is 688. The lowest BCUT2D eigenvalue weighted by atomic mass is 9.89. The minimum Gasteiger partial charge on any atom is -0.352 e. The van der Waals surface area contributed by atoms with E-state index in [1.807, 2.05) is 0 Å². The molecule has 1 saturated carbocycles. The standard InChI is InChI=1S/C15H14F3N3O3/c16-15(17,18)14(9-4-2-1-3-5-9)12(23)21(13(24)20-14)8-11(22)19-10-6-7-10/h1-5,10H,6-8H2,(H,19,22)(H,20,24). The molecule has 1 aromatic carbocycles. The molecule has 3 rings (SSSR count). The molecule has 1 atom stereocenters. The van der Waals surface area contributed by atoms with Crippen LogP contribution < -0.4 is 10.6 Å². The lowest BCUT2D eigenvalue weighted by Crippen LogP contribution is -2.56. The van der Waals surface area contributed by atoms with Gasteiger partial charge in [0.25, 0.3) is 5.91 Å². The molecule has 2 aliphatic rings. The molecule has 9 heteroatoms. The highest BCUT2D eigenvalue weighted by atomic mass is 19.4. The highest BCUT2D eigenvalue weighted by molar-refractivity contribution is 6.10. The largest absolute Gasteiger partial charge is 0.425 e. The van der Waals surface area contributed by atoms with Crippen molar-refractivity contribution < 1.29 is 27.6 Å². The highest BCUT2D eigenvalue weighted by Crippen LogP contribution is 2.43. The molecule has 0 aromatic heterocycles. The lowest BCUT2D eigenvalue weighted by molar-refractivity contribution is -0.198. The Kier molecular flexibility index (Phi) is 3.73. The number of nitrogens with zero attached hydrogens (tertiary/aromatic N) is 1. The van der Waals surface area contributed by atoms with Gasteiger partial charge in [-0.2, -0.15) is 13.2 Å². The van der Waals surface area contributed by atoms with Crippen LogP contribution in [0.2, 0.25) is 0 Å². The summed E-state index contributed by atoms with van der Waals surface area (Å²) >= 11 is 0. The number of halogens is 3. The summed E-state index contributed by atoms with van der Waals surface area (Å²) in [5.41, 5.74) is -3.58. The predicted molar refractivity (Wildman–Crippen MR) is 75.6 cm³/mol. The van der Waals surface area contributed by atoms with Crippen molar-refractivity contribution in [2.45, 2.75) is 30.6 Å². The molecule has 0 radical (unpaired) electrons. The molecule has 128 valence electrons. The summed E-state index contributed by atoms with van der Waals surface area (Å²) in [4.78, 5) is 36.5. The van der Waals surface area contributed by atoms with Gasteiger partial charge in [-0.3, -0.25) is 14.5 Å². The third kappa shape index (κ3) is 2.59. The quantitative estimate of drug-likeness (QED) is 0.810. The molecule has 0 bridgehead atoms. The van der Waals surface area contributed by atoms with Crippen molar-refractivity contribution in [1.82, 2.24) is 15.5 Å². The Morgan fingerprint density at radius 3 is 2.42 bits per heavy atom. The molecule has 6 nitrogen and oxygen atoms in total. The van der Waals surface area contributed by atoms with Gasteiger partial charge in [-0.05, 0) is 18.4 Å². The predicted octanol–water partition coefficient (Wildman–Crippen LogP) is 1.27. The fourth-order valence-corrected chi connectivity index (χ4v) is 2.60. The molecule has 24 heavy (non-hydrogen) atoms. The molecule has 2 N–H and O–H groups in total. The van der Waals surface area contributed by atoms with Gasteiger partial charge >= 0.3 is 12.2 Å². The summed E-state index contributed by atoms with van der Waals surface area (Å²) < 4.78 is 41.1. The van der Waals surface area contributed by atoms with Crippen LogP contribution in [0.25, 0.3) is 0 Å². The summed E-state index contributed by atoms with van der Waals surface area (Å²) in [6.45, 7) is -0.744. The highest BCUT2D eigenvalue weighted by Gasteiger charge is 2.68. The van der Waals surface area contributed by atoms with Crippen LogP contribution in [0.1, 0.15) is 18.4 Å². The van der Waals surface area contributed by atoms with E-state index in [1.165, 1.54) is 18.2 Å². The number of hydrogen-bond donors (Lipinski definition) is 2. The van der Waals surface area contributed by atoms with Crippen LogP contribution in [0.4, 0.5) is 18.0 Å². The average Bonchev–Trinajstić information content (AvgIpc) is 3.28. The van der Waals surface area contributed by atoms with Crippen LogP contribution in [-0.2, 0) is 15.1 Å². The number of imide groups is 1. The van der Waals surface area contributed by atoms with Gasteiger partial charge in [0.05, 0.1) is 0 Å². The second-order valence-electron chi connectivity index (χ2n) is 5.78. The maximum absolute atomic E-state index is 13.7. The van der Waals surface area contributed by atoms with Gasteiger partial charge in [0.2, 0.25) is 11.4 Å². The van der Waals surface area contributed by atoms with Crippen molar-refractivity contribution in [1.29, 1.82) is 0 Å². The summed E-state index contributed by atoms with van der Waals surface area (Å²) in [7, 11) is 0. The first-order valence-electron chi connectivity index (χ1n) is 7.31. The molecule has 1 unspecified atom stereocenters. The number of benzene rings is 1. The van der Waals surface area contributed by atoms with E-state index < -0.39 is 41.7 Å². The van der Waals surface area contributed by atoms with E-state index >= 15 is 0 Å². The van der Waals surface area contributed by atoms with Crippen molar-refractivity contribution in [3.63, 3.8) is 0 Å². The Balaban J connectivity index is 1.92. The second-order valence-corrected chi connectivity index (χ2v) is 5.78. The zero-order valence-corrected chi connectivity index (χ0v) is 12.4. The van der Waals surface area contributed by atoms with E-state index in [4.69, 9.17) is 0 Å². The van der Waals surface area contributed by atoms with Crippen LogP contribution >= 0.6 is 0 Å². The van der Waals surface area contributed by atoms with Gasteiger partial charge in [0.1, 0.15) is 6.54 Å². The molecule has 1 heterocycles. The van der Waals surface area contributed by atoms with Crippen LogP contribution in [0.5, 0.6) is 0 Å². The normalized spacial score (nSPS) is 24.0. The Labute approximate surface area is 135 Å². The summed E-state index contributed by atoms with van der Waals surface area (Å²) in [5, 5.41) is 4.26. The molecule has 1 aliphatic carbocycles. The number of alkyl halides is 3. The molecule has 1 aliphatic heterocycles. The van der Waals surface area contributed by atoms with Gasteiger partial charge in [-0.1, -0.05) is 30.3 Å². The van der Waals surface area contributed by atoms with E-state index in [2.05, 4.69) is 5.32 Å². The number of nitrogens with one attached hydrogen (secondary N) is 2. The maximum atomic E-state index is 13.7. The molecular weight excluding hydrogens is 327 g/mol. The van der Waals surface area contributed by atoms with Crippen molar-refractivity contribution >= 4 is 17.8 Å². The van der Waals surface area contributed by atoms with E-state index in [0.717, 1.165) is 25.0 Å². The number of carbonyl (C=O) groups is 3. The minimum absolute atomic E-state index is 0.0280. The first-order valence-corrected chi connectivity index (χ1v) is 7.31. The van der Waals surface area contributed by atoms with Crippen molar-refractivity contribution in [2.75, 3.05) is 6.54 Å². The third-order valence-electron chi connectivity index (χ3n) is 3.98. The van der Waals surface area contributed by atoms with Crippen LogP contribution in [0.15, 0.2) is 30.3 Å². The maximum Gasteiger partial charge on any atom is 0.425 e. The Hall–Kier alpha value is -2.58. The molecule has 1 saturated heterocycles. The number of hydrogen-bond acceptors (Lipinski definition) is 3. The van der Waals surface area contributed by atoms with Crippen molar-refractivity contribution in [3.8, 4) is 0 Å². The summed E-state index contributed by atoms with van der Waals surface area (Å²) in [6.07, 6.45) is -3.49. The van der Waals surface area contributed by atoms with Crippen LogP contribution in [-0.4, -0.2) is 41.5 Å². The molecule has 4 amide bonds. The van der Waals surface area contributed by atoms with Crippen LogP contribution in [0, 0.1) is 0 Å². The monoisotopic (exact) mass is 341 g/mol. The van der Waals surface area contributed by atoms with Gasteiger partial charge in [0.15, 0.2) is 0 Å². The zero-order chi connectivity index (χ0) is 17.5. The number of rotatable bonds is 4. The topological polar surface area (TPSA) is 78.5 Å². The third-order valence-corrected chi connectivity index (χ3v) is 3.98. The fourth-order valence-electron chi connectivity index (χ4n) is 2.60. The first-order chi connectivity index (χ1) is 11.3. The summed E-state index contributed by atoms with van der Waals surface area (Å²) in [5.74, 6) is -2.16. The molecular formula is C15H14F3N3O3. The minimum atomic E-state index is -5.05. The van der Waals surface area contributed by atoms with E-state index in [-0.39, 0.29) is 6.04 Å². The van der Waals surface area contributed by atoms with E-state index in [9.17, 15) is 27.6 Å². The second kappa shape index (κ2) is 5.50. The summed E-state index contributed by atoms with van der Waals surface area (Å²) in [6, 6.07) is 5.12. The first kappa shape index (κ1) is 16.3. The number of carbonyl (C=O) groups excluding carboxylic acids is 3. The molecule has 0 spiro atoms. The van der Waals surface area contributed by atoms with Gasteiger partial charge < -0.3 is 10.6 Å². The zero-order valence-electron chi connectivity index (χ0n) is 12.4. The van der Waals surface area contributed by atoms with Gasteiger partial charge in [-0.15, -0.1) is 0 Å². The number of urea groups is 1. The van der Waals surface area contributed by atoms with Gasteiger partial charge in [0, 0.05) is 6.04 Å². The van der Waals surface area contributed by atoms with Crippen LogP contribution in [0.3, 0.4) is 0 Å².